The lowest BCUT2D eigenvalue weighted by atomic mass is 10.1. The maximum absolute atomic E-state index is 12.4. The second kappa shape index (κ2) is 9.43. The van der Waals surface area contributed by atoms with Crippen LogP contribution in [0.2, 0.25) is 0 Å². The monoisotopic (exact) mass is 459 g/mol. The Morgan fingerprint density at radius 1 is 1.04 bits per heavy atom. The third kappa shape index (κ3) is 6.53. The molecule has 0 aliphatic carbocycles. The molecule has 2 aromatic rings. The summed E-state index contributed by atoms with van der Waals surface area (Å²) in [5.41, 5.74) is 1.97. The number of benzene rings is 2. The van der Waals surface area contributed by atoms with Crippen molar-refractivity contribution in [3.63, 3.8) is 0 Å². The van der Waals surface area contributed by atoms with Gasteiger partial charge in [-0.2, -0.15) is 0 Å². The highest BCUT2D eigenvalue weighted by molar-refractivity contribution is 7.80. The van der Waals surface area contributed by atoms with Crippen molar-refractivity contribution in [3.8, 4) is 0 Å². The fraction of sp³-hybridized carbons (Fsp3) is 0.167. The molecule has 0 radical (unpaired) electrons. The van der Waals surface area contributed by atoms with E-state index in [-0.39, 0.29) is 10.7 Å². The maximum atomic E-state index is 12.4. The molecule has 2 aromatic carbocycles. The lowest BCUT2D eigenvalue weighted by Crippen LogP contribution is -2.56. The minimum Gasteiger partial charge on any atom is -0.478 e. The summed E-state index contributed by atoms with van der Waals surface area (Å²) in [6.45, 7) is 1.86. The van der Waals surface area contributed by atoms with Crippen molar-refractivity contribution in [3.05, 3.63) is 65.2 Å². The molecule has 0 aromatic heterocycles. The molecule has 148 valence electrons. The molecule has 4 N–H and O–H groups in total. The summed E-state index contributed by atoms with van der Waals surface area (Å²) in [6.07, 6.45) is -1.12. The number of rotatable bonds is 5. The highest BCUT2D eigenvalue weighted by Crippen LogP contribution is 2.29. The predicted molar refractivity (Wildman–Crippen MR) is 115 cm³/mol. The van der Waals surface area contributed by atoms with Crippen LogP contribution in [0.4, 0.5) is 5.69 Å². The molecule has 10 heteroatoms. The van der Waals surface area contributed by atoms with Gasteiger partial charge in [0.25, 0.3) is 5.91 Å². The van der Waals surface area contributed by atoms with Gasteiger partial charge in [0.2, 0.25) is 3.79 Å². The van der Waals surface area contributed by atoms with E-state index in [2.05, 4.69) is 16.0 Å². The number of aromatic carboxylic acids is 1. The lowest BCUT2D eigenvalue weighted by Gasteiger charge is -2.27. The van der Waals surface area contributed by atoms with Crippen molar-refractivity contribution in [2.45, 2.75) is 16.9 Å². The molecule has 1 atom stereocenters. The Balaban J connectivity index is 2.06. The lowest BCUT2D eigenvalue weighted by molar-refractivity contribution is 0.0696. The average molecular weight is 461 g/mol. The zero-order chi connectivity index (χ0) is 20.9. The summed E-state index contributed by atoms with van der Waals surface area (Å²) in [4.78, 5) is 23.3. The van der Waals surface area contributed by atoms with E-state index in [1.54, 1.807) is 18.2 Å². The summed E-state index contributed by atoms with van der Waals surface area (Å²) in [5, 5.41) is 17.1. The topological polar surface area (TPSA) is 90.5 Å². The van der Waals surface area contributed by atoms with Crippen molar-refractivity contribution in [1.29, 1.82) is 0 Å². The number of anilines is 1. The normalized spacial score (nSPS) is 12.0. The standard InChI is InChI=1S/C18H16Cl3N3O3S/c1-10-3-2-4-12(9-10)14(25)23-16(18(19,20)21)24-17(28)22-13-7-5-11(6-8-13)15(26)27/h2-9,16H,1H3,(H,23,25)(H,26,27)(H2,22,24,28)/t16-/m1/s1. The number of halogens is 3. The SMILES string of the molecule is Cc1cccc(C(=O)N[C@H](NC(=S)Nc2ccc(C(=O)O)cc2)C(Cl)(Cl)Cl)c1. The van der Waals surface area contributed by atoms with E-state index in [4.69, 9.17) is 52.1 Å². The number of aryl methyl sites for hydroxylation is 1. The molecule has 2 rings (SSSR count). The molecule has 0 fully saturated rings. The number of carboxylic acids is 1. The molecule has 0 aliphatic rings. The molecule has 0 saturated carbocycles. The first-order valence-corrected chi connectivity index (χ1v) is 9.45. The summed E-state index contributed by atoms with van der Waals surface area (Å²) in [6, 6.07) is 12.8. The first-order chi connectivity index (χ1) is 13.1. The van der Waals surface area contributed by atoms with Gasteiger partial charge in [-0.1, -0.05) is 52.5 Å². The van der Waals surface area contributed by atoms with E-state index in [0.717, 1.165) is 5.56 Å². The van der Waals surface area contributed by atoms with Gasteiger partial charge < -0.3 is 21.1 Å². The average Bonchev–Trinajstić information content (AvgIpc) is 2.60. The van der Waals surface area contributed by atoms with Crippen molar-refractivity contribution >= 4 is 69.7 Å². The molecule has 0 unspecified atom stereocenters. The van der Waals surface area contributed by atoms with Crippen LogP contribution in [0.15, 0.2) is 48.5 Å². The Labute approximate surface area is 182 Å². The van der Waals surface area contributed by atoms with Crippen LogP contribution in [-0.2, 0) is 0 Å². The zero-order valence-corrected chi connectivity index (χ0v) is 17.6. The number of amides is 1. The van der Waals surface area contributed by atoms with Crippen LogP contribution in [0.5, 0.6) is 0 Å². The molecule has 1 amide bonds. The third-order valence-corrected chi connectivity index (χ3v) is 4.42. The molecular weight excluding hydrogens is 445 g/mol. The highest BCUT2D eigenvalue weighted by atomic mass is 35.6. The van der Waals surface area contributed by atoms with Gasteiger partial charge in [-0.25, -0.2) is 4.79 Å². The van der Waals surface area contributed by atoms with Crippen LogP contribution >= 0.6 is 47.0 Å². The van der Waals surface area contributed by atoms with E-state index in [1.165, 1.54) is 24.3 Å². The predicted octanol–water partition coefficient (Wildman–Crippen LogP) is 4.11. The fourth-order valence-electron chi connectivity index (χ4n) is 2.19. The second-order valence-electron chi connectivity index (χ2n) is 5.80. The number of carbonyl (C=O) groups excluding carboxylic acids is 1. The number of carboxylic acid groups (broad SMARTS) is 1. The smallest absolute Gasteiger partial charge is 0.335 e. The van der Waals surface area contributed by atoms with E-state index >= 15 is 0 Å². The number of carbonyl (C=O) groups is 2. The first-order valence-electron chi connectivity index (χ1n) is 7.91. The quantitative estimate of drug-likeness (QED) is 0.305. The molecular formula is C18H16Cl3N3O3S. The Bertz CT molecular complexity index is 886. The number of thiocarbonyl (C=S) groups is 1. The van der Waals surface area contributed by atoms with Gasteiger partial charge in [-0.05, 0) is 55.5 Å². The largest absolute Gasteiger partial charge is 0.478 e. The van der Waals surface area contributed by atoms with Gasteiger partial charge in [0.05, 0.1) is 5.56 Å². The molecule has 0 bridgehead atoms. The van der Waals surface area contributed by atoms with Crippen LogP contribution in [0.3, 0.4) is 0 Å². The minimum atomic E-state index is -1.89. The summed E-state index contributed by atoms with van der Waals surface area (Å²) >= 11 is 23.1. The minimum absolute atomic E-state index is 0.0731. The van der Waals surface area contributed by atoms with Crippen molar-refractivity contribution in [2.75, 3.05) is 5.32 Å². The number of nitrogens with one attached hydrogen (secondary N) is 3. The fourth-order valence-corrected chi connectivity index (χ4v) is 2.76. The van der Waals surface area contributed by atoms with Crippen molar-refractivity contribution < 1.29 is 14.7 Å². The van der Waals surface area contributed by atoms with Crippen molar-refractivity contribution in [2.24, 2.45) is 0 Å². The maximum Gasteiger partial charge on any atom is 0.335 e. The Morgan fingerprint density at radius 3 is 2.21 bits per heavy atom. The zero-order valence-electron chi connectivity index (χ0n) is 14.5. The van der Waals surface area contributed by atoms with E-state index < -0.39 is 21.8 Å². The Hall–Kier alpha value is -2.06. The molecule has 0 aliphatic heterocycles. The van der Waals surface area contributed by atoms with Crippen LogP contribution in [0.1, 0.15) is 26.3 Å². The summed E-state index contributed by atoms with van der Waals surface area (Å²) in [7, 11) is 0. The third-order valence-electron chi connectivity index (χ3n) is 3.55. The van der Waals surface area contributed by atoms with Gasteiger partial charge in [-0.15, -0.1) is 0 Å². The van der Waals surface area contributed by atoms with E-state index in [0.29, 0.717) is 11.3 Å². The highest BCUT2D eigenvalue weighted by Gasteiger charge is 2.34. The number of hydrogen-bond donors (Lipinski definition) is 4. The van der Waals surface area contributed by atoms with Crippen LogP contribution in [-0.4, -0.2) is 32.1 Å². The van der Waals surface area contributed by atoms with Crippen LogP contribution in [0.25, 0.3) is 0 Å². The second-order valence-corrected chi connectivity index (χ2v) is 8.58. The van der Waals surface area contributed by atoms with Gasteiger partial charge in [-0.3, -0.25) is 4.79 Å². The molecule has 0 spiro atoms. The number of alkyl halides is 3. The van der Waals surface area contributed by atoms with Gasteiger partial charge in [0.15, 0.2) is 5.11 Å². The Morgan fingerprint density at radius 2 is 1.68 bits per heavy atom. The van der Waals surface area contributed by atoms with E-state index in [9.17, 15) is 9.59 Å². The van der Waals surface area contributed by atoms with Gasteiger partial charge >= 0.3 is 5.97 Å². The summed E-state index contributed by atoms with van der Waals surface area (Å²) < 4.78 is -1.89. The number of hydrogen-bond acceptors (Lipinski definition) is 3. The summed E-state index contributed by atoms with van der Waals surface area (Å²) in [5.74, 6) is -1.48. The Kier molecular flexibility index (Phi) is 7.48. The first kappa shape index (κ1) is 22.2. The van der Waals surface area contributed by atoms with E-state index in [1.807, 2.05) is 13.0 Å². The molecule has 6 nitrogen and oxygen atoms in total. The molecule has 0 saturated heterocycles. The van der Waals surface area contributed by atoms with Crippen LogP contribution < -0.4 is 16.0 Å². The van der Waals surface area contributed by atoms with Gasteiger partial charge in [0, 0.05) is 11.3 Å². The molecule has 0 heterocycles. The molecule has 28 heavy (non-hydrogen) atoms. The van der Waals surface area contributed by atoms with Crippen LogP contribution in [0, 0.1) is 6.92 Å². The van der Waals surface area contributed by atoms with Gasteiger partial charge in [0.1, 0.15) is 6.17 Å². The van der Waals surface area contributed by atoms with Crippen molar-refractivity contribution in [1.82, 2.24) is 10.6 Å².